The first-order valence-electron chi connectivity index (χ1n) is 9.38. The minimum Gasteiger partial charge on any atom is -0.341 e. The summed E-state index contributed by atoms with van der Waals surface area (Å²) in [5.41, 5.74) is 6.49. The lowest BCUT2D eigenvalue weighted by atomic mass is 10.1. The van der Waals surface area contributed by atoms with Crippen LogP contribution >= 0.6 is 0 Å². The zero-order valence-corrected chi connectivity index (χ0v) is 15.7. The SMILES string of the molecule is CCCCc1ccc(Nc2cc(C)c(C#N)c3nc4ccccc4n23)cc1. The summed E-state index contributed by atoms with van der Waals surface area (Å²) < 4.78 is 2.03. The number of aromatic nitrogens is 2. The summed E-state index contributed by atoms with van der Waals surface area (Å²) in [5.74, 6) is 0.913. The van der Waals surface area contributed by atoms with E-state index in [0.717, 1.165) is 34.5 Å². The molecule has 0 atom stereocenters. The molecule has 1 N–H and O–H groups in total. The second kappa shape index (κ2) is 7.13. The second-order valence-electron chi connectivity index (χ2n) is 6.88. The van der Waals surface area contributed by atoms with Gasteiger partial charge >= 0.3 is 0 Å². The Labute approximate surface area is 159 Å². The summed E-state index contributed by atoms with van der Waals surface area (Å²) >= 11 is 0. The quantitative estimate of drug-likeness (QED) is 0.496. The topological polar surface area (TPSA) is 53.1 Å². The molecule has 0 saturated heterocycles. The predicted molar refractivity (Wildman–Crippen MR) is 110 cm³/mol. The third kappa shape index (κ3) is 3.13. The summed E-state index contributed by atoms with van der Waals surface area (Å²) in [7, 11) is 0. The van der Waals surface area contributed by atoms with Gasteiger partial charge in [-0.15, -0.1) is 0 Å². The van der Waals surface area contributed by atoms with Crippen molar-refractivity contribution in [3.05, 3.63) is 71.3 Å². The van der Waals surface area contributed by atoms with Crippen molar-refractivity contribution in [2.75, 3.05) is 5.32 Å². The van der Waals surface area contributed by atoms with Gasteiger partial charge in [0.05, 0.1) is 16.6 Å². The fourth-order valence-electron chi connectivity index (χ4n) is 3.47. The summed E-state index contributed by atoms with van der Waals surface area (Å²) in [4.78, 5) is 4.70. The number of hydrogen-bond acceptors (Lipinski definition) is 3. The molecule has 0 radical (unpaired) electrons. The van der Waals surface area contributed by atoms with Crippen LogP contribution in [0.1, 0.15) is 36.5 Å². The van der Waals surface area contributed by atoms with Crippen molar-refractivity contribution in [3.63, 3.8) is 0 Å². The van der Waals surface area contributed by atoms with Gasteiger partial charge < -0.3 is 5.32 Å². The van der Waals surface area contributed by atoms with Crippen LogP contribution in [-0.4, -0.2) is 9.38 Å². The Morgan fingerprint density at radius 3 is 2.63 bits per heavy atom. The van der Waals surface area contributed by atoms with Crippen LogP contribution in [0.4, 0.5) is 11.5 Å². The van der Waals surface area contributed by atoms with Crippen LogP contribution in [0.15, 0.2) is 54.6 Å². The largest absolute Gasteiger partial charge is 0.341 e. The third-order valence-electron chi connectivity index (χ3n) is 4.93. The number of para-hydroxylation sites is 2. The second-order valence-corrected chi connectivity index (χ2v) is 6.88. The van der Waals surface area contributed by atoms with Gasteiger partial charge in [0.1, 0.15) is 11.9 Å². The number of benzene rings is 2. The fraction of sp³-hybridized carbons (Fsp3) is 0.217. The fourth-order valence-corrected chi connectivity index (χ4v) is 3.47. The number of fused-ring (bicyclic) bond motifs is 3. The molecule has 134 valence electrons. The van der Waals surface area contributed by atoms with E-state index in [1.54, 1.807) is 0 Å². The average Bonchev–Trinajstić information content (AvgIpc) is 3.07. The molecule has 2 aromatic carbocycles. The highest BCUT2D eigenvalue weighted by Crippen LogP contribution is 2.28. The Kier molecular flexibility index (Phi) is 4.52. The number of imidazole rings is 1. The molecule has 27 heavy (non-hydrogen) atoms. The van der Waals surface area contributed by atoms with Crippen LogP contribution in [0.3, 0.4) is 0 Å². The maximum atomic E-state index is 9.60. The Hall–Kier alpha value is -3.32. The van der Waals surface area contributed by atoms with Gasteiger partial charge in [-0.25, -0.2) is 4.98 Å². The molecule has 4 heteroatoms. The minimum atomic E-state index is 0.617. The van der Waals surface area contributed by atoms with Gasteiger partial charge in [0.25, 0.3) is 0 Å². The maximum absolute atomic E-state index is 9.60. The normalized spacial score (nSPS) is 11.0. The molecule has 2 aromatic heterocycles. The standard InChI is InChI=1S/C23H22N4/c1-3-4-7-17-10-12-18(13-11-17)25-22-14-16(2)19(15-24)23-26-20-8-5-6-9-21(20)27(22)23/h5-6,8-14,25H,3-4,7H2,1-2H3. The number of nitriles is 1. The number of unbranched alkanes of at least 4 members (excludes halogenated alkanes) is 1. The van der Waals surface area contributed by atoms with Crippen LogP contribution in [0.25, 0.3) is 16.7 Å². The summed E-state index contributed by atoms with van der Waals surface area (Å²) in [6, 6.07) is 20.9. The van der Waals surface area contributed by atoms with E-state index in [-0.39, 0.29) is 0 Å². The molecule has 0 amide bonds. The Morgan fingerprint density at radius 1 is 1.11 bits per heavy atom. The first-order chi connectivity index (χ1) is 13.2. The minimum absolute atomic E-state index is 0.617. The molecular weight excluding hydrogens is 332 g/mol. The Morgan fingerprint density at radius 2 is 1.89 bits per heavy atom. The Bertz CT molecular complexity index is 1150. The van der Waals surface area contributed by atoms with E-state index >= 15 is 0 Å². The highest BCUT2D eigenvalue weighted by Gasteiger charge is 2.15. The van der Waals surface area contributed by atoms with Gasteiger partial charge in [-0.05, 0) is 61.2 Å². The molecule has 4 rings (SSSR count). The lowest BCUT2D eigenvalue weighted by Gasteiger charge is -2.13. The van der Waals surface area contributed by atoms with Crippen LogP contribution in [0.2, 0.25) is 0 Å². The molecule has 4 nitrogen and oxygen atoms in total. The third-order valence-corrected chi connectivity index (χ3v) is 4.93. The van der Waals surface area contributed by atoms with Crippen molar-refractivity contribution in [1.82, 2.24) is 9.38 Å². The molecule has 0 aliphatic carbocycles. The van der Waals surface area contributed by atoms with Crippen molar-refractivity contribution < 1.29 is 0 Å². The zero-order chi connectivity index (χ0) is 18.8. The van der Waals surface area contributed by atoms with Gasteiger partial charge in [0.2, 0.25) is 0 Å². The molecule has 0 bridgehead atoms. The molecule has 0 aliphatic rings. The number of pyridine rings is 1. The van der Waals surface area contributed by atoms with Crippen molar-refractivity contribution in [2.45, 2.75) is 33.1 Å². The summed E-state index contributed by atoms with van der Waals surface area (Å²) in [5, 5.41) is 13.1. The van der Waals surface area contributed by atoms with Crippen LogP contribution < -0.4 is 5.32 Å². The molecular formula is C23H22N4. The van der Waals surface area contributed by atoms with E-state index in [4.69, 9.17) is 4.98 Å². The van der Waals surface area contributed by atoms with Crippen molar-refractivity contribution >= 4 is 28.2 Å². The molecule has 0 saturated carbocycles. The smallest absolute Gasteiger partial charge is 0.157 e. The van der Waals surface area contributed by atoms with E-state index in [1.165, 1.54) is 18.4 Å². The van der Waals surface area contributed by atoms with E-state index in [9.17, 15) is 5.26 Å². The first-order valence-corrected chi connectivity index (χ1v) is 9.38. The maximum Gasteiger partial charge on any atom is 0.157 e. The van der Waals surface area contributed by atoms with Gasteiger partial charge in [-0.2, -0.15) is 5.26 Å². The van der Waals surface area contributed by atoms with Crippen molar-refractivity contribution in [1.29, 1.82) is 5.26 Å². The van der Waals surface area contributed by atoms with Crippen LogP contribution in [-0.2, 0) is 6.42 Å². The van der Waals surface area contributed by atoms with Gasteiger partial charge in [0, 0.05) is 5.69 Å². The lowest BCUT2D eigenvalue weighted by molar-refractivity contribution is 0.795. The number of nitrogens with zero attached hydrogens (tertiary/aromatic N) is 3. The highest BCUT2D eigenvalue weighted by molar-refractivity contribution is 5.85. The number of nitrogens with one attached hydrogen (secondary N) is 1. The van der Waals surface area contributed by atoms with Crippen molar-refractivity contribution in [2.24, 2.45) is 0 Å². The highest BCUT2D eigenvalue weighted by atomic mass is 15.1. The van der Waals surface area contributed by atoms with E-state index in [2.05, 4.69) is 42.6 Å². The summed E-state index contributed by atoms with van der Waals surface area (Å²) in [6.07, 6.45) is 3.53. The van der Waals surface area contributed by atoms with E-state index in [0.29, 0.717) is 11.2 Å². The molecule has 0 spiro atoms. The number of hydrogen-bond donors (Lipinski definition) is 1. The molecule has 4 aromatic rings. The van der Waals surface area contributed by atoms with Crippen molar-refractivity contribution in [3.8, 4) is 6.07 Å². The van der Waals surface area contributed by atoms with Gasteiger partial charge in [-0.1, -0.05) is 37.6 Å². The molecule has 0 fully saturated rings. The van der Waals surface area contributed by atoms with Crippen LogP contribution in [0.5, 0.6) is 0 Å². The number of anilines is 2. The molecule has 0 unspecified atom stereocenters. The monoisotopic (exact) mass is 354 g/mol. The van der Waals surface area contributed by atoms with E-state index < -0.39 is 0 Å². The Balaban J connectivity index is 1.81. The molecule has 0 aliphatic heterocycles. The van der Waals surface area contributed by atoms with E-state index in [1.807, 2.05) is 41.7 Å². The predicted octanol–water partition coefficient (Wildman–Crippen LogP) is 5.75. The molecule has 2 heterocycles. The first kappa shape index (κ1) is 17.1. The summed E-state index contributed by atoms with van der Waals surface area (Å²) in [6.45, 7) is 4.17. The lowest BCUT2D eigenvalue weighted by Crippen LogP contribution is -2.02. The van der Waals surface area contributed by atoms with Gasteiger partial charge in [-0.3, -0.25) is 4.40 Å². The number of rotatable bonds is 5. The zero-order valence-electron chi connectivity index (χ0n) is 15.7. The average molecular weight is 354 g/mol. The van der Waals surface area contributed by atoms with Gasteiger partial charge in [0.15, 0.2) is 5.65 Å². The van der Waals surface area contributed by atoms with Crippen LogP contribution in [0, 0.1) is 18.3 Å². The number of aryl methyl sites for hydroxylation is 2.